The Balaban J connectivity index is 2.31. The monoisotopic (exact) mass is 335 g/mol. The summed E-state index contributed by atoms with van der Waals surface area (Å²) in [5.41, 5.74) is -4.32. The Morgan fingerprint density at radius 2 is 1.90 bits per heavy atom. The van der Waals surface area contributed by atoms with E-state index in [0.29, 0.717) is 19.0 Å². The fraction of sp³-hybridized carbons (Fsp3) is 1.00. The first-order valence-corrected chi connectivity index (χ1v) is 8.77. The van der Waals surface area contributed by atoms with E-state index in [1.165, 1.54) is 4.31 Å². The van der Waals surface area contributed by atoms with Crippen LogP contribution in [-0.4, -0.2) is 57.2 Å². The van der Waals surface area contributed by atoms with Gasteiger partial charge in [-0.1, -0.05) is 0 Å². The lowest BCUT2D eigenvalue weighted by Crippen LogP contribution is -2.46. The molecule has 0 radical (unpaired) electrons. The minimum absolute atomic E-state index is 0.219. The SMILES string of the molecule is CNCC1CCN(S(=O)(=O)NCCSC(F)(F)F)CC1. The van der Waals surface area contributed by atoms with Crippen LogP contribution >= 0.6 is 11.8 Å². The number of hydrogen-bond donors (Lipinski definition) is 2. The molecule has 0 aromatic rings. The van der Waals surface area contributed by atoms with Gasteiger partial charge in [-0.25, -0.2) is 4.72 Å². The van der Waals surface area contributed by atoms with Crippen LogP contribution < -0.4 is 10.0 Å². The molecular weight excluding hydrogens is 315 g/mol. The first-order chi connectivity index (χ1) is 9.24. The predicted octanol–water partition coefficient (Wildman–Crippen LogP) is 1.01. The molecule has 0 spiro atoms. The Morgan fingerprint density at radius 1 is 1.30 bits per heavy atom. The Morgan fingerprint density at radius 3 is 2.40 bits per heavy atom. The van der Waals surface area contributed by atoms with Gasteiger partial charge >= 0.3 is 5.51 Å². The molecule has 1 fully saturated rings. The van der Waals surface area contributed by atoms with Gasteiger partial charge in [-0.3, -0.25) is 0 Å². The second-order valence-corrected chi connectivity index (χ2v) is 7.51. The number of nitrogens with zero attached hydrogens (tertiary/aromatic N) is 1. The molecule has 1 rings (SSSR count). The molecule has 120 valence electrons. The lowest BCUT2D eigenvalue weighted by atomic mass is 9.98. The van der Waals surface area contributed by atoms with E-state index in [0.717, 1.165) is 19.4 Å². The first kappa shape index (κ1) is 18.0. The maximum Gasteiger partial charge on any atom is 0.441 e. The van der Waals surface area contributed by atoms with Crippen LogP contribution in [0.1, 0.15) is 12.8 Å². The summed E-state index contributed by atoms with van der Waals surface area (Å²) in [5.74, 6) is 0.131. The third-order valence-electron chi connectivity index (χ3n) is 3.06. The van der Waals surface area contributed by atoms with Gasteiger partial charge in [0.05, 0.1) is 0 Å². The molecule has 0 unspecified atom stereocenters. The highest BCUT2D eigenvalue weighted by Crippen LogP contribution is 2.29. The third kappa shape index (κ3) is 6.61. The molecular formula is C10H20F3N3O2S2. The Bertz CT molecular complexity index is 382. The van der Waals surface area contributed by atoms with Crippen molar-refractivity contribution in [2.45, 2.75) is 18.3 Å². The summed E-state index contributed by atoms with van der Waals surface area (Å²) in [6.07, 6.45) is 1.53. The largest absolute Gasteiger partial charge is 0.441 e. The van der Waals surface area contributed by atoms with Crippen LogP contribution in [0, 0.1) is 5.92 Å². The average molecular weight is 335 g/mol. The maximum atomic E-state index is 11.9. The van der Waals surface area contributed by atoms with Gasteiger partial charge in [0, 0.05) is 25.4 Å². The van der Waals surface area contributed by atoms with Crippen molar-refractivity contribution in [1.29, 1.82) is 0 Å². The van der Waals surface area contributed by atoms with Crippen LogP contribution in [0.5, 0.6) is 0 Å². The molecule has 0 bridgehead atoms. The van der Waals surface area contributed by atoms with E-state index >= 15 is 0 Å². The highest BCUT2D eigenvalue weighted by atomic mass is 32.2. The van der Waals surface area contributed by atoms with Crippen molar-refractivity contribution in [3.63, 3.8) is 0 Å². The summed E-state index contributed by atoms with van der Waals surface area (Å²) in [6, 6.07) is 0. The average Bonchev–Trinajstić information content (AvgIpc) is 2.35. The van der Waals surface area contributed by atoms with Crippen molar-refractivity contribution >= 4 is 22.0 Å². The van der Waals surface area contributed by atoms with E-state index in [-0.39, 0.29) is 24.1 Å². The molecule has 0 aromatic heterocycles. The number of hydrogen-bond acceptors (Lipinski definition) is 4. The molecule has 1 aliphatic rings. The number of rotatable bonds is 7. The smallest absolute Gasteiger partial charge is 0.319 e. The third-order valence-corrected chi connectivity index (χ3v) is 5.41. The van der Waals surface area contributed by atoms with Crippen molar-refractivity contribution in [3.05, 3.63) is 0 Å². The minimum atomic E-state index is -4.32. The summed E-state index contributed by atoms with van der Waals surface area (Å²) < 4.78 is 63.0. The molecule has 1 aliphatic heterocycles. The normalized spacial score (nSPS) is 19.4. The second kappa shape index (κ2) is 7.83. The lowest BCUT2D eigenvalue weighted by molar-refractivity contribution is -0.0327. The van der Waals surface area contributed by atoms with Crippen LogP contribution in [0.3, 0.4) is 0 Å². The fourth-order valence-electron chi connectivity index (χ4n) is 2.07. The standard InChI is InChI=1S/C10H20F3N3O2S2/c1-14-8-9-2-5-16(6-3-9)20(17,18)15-4-7-19-10(11,12)13/h9,14-15H,2-8H2,1H3. The molecule has 1 saturated heterocycles. The Hall–Kier alpha value is -0.0300. The van der Waals surface area contributed by atoms with Gasteiger partial charge in [0.1, 0.15) is 0 Å². The number of thioether (sulfide) groups is 1. The maximum absolute atomic E-state index is 11.9. The van der Waals surface area contributed by atoms with Crippen molar-refractivity contribution in [3.8, 4) is 0 Å². The van der Waals surface area contributed by atoms with Crippen LogP contribution in [-0.2, 0) is 10.2 Å². The summed E-state index contributed by atoms with van der Waals surface area (Å²) in [6.45, 7) is 1.45. The van der Waals surface area contributed by atoms with Gasteiger partial charge in [-0.2, -0.15) is 25.9 Å². The van der Waals surface area contributed by atoms with E-state index < -0.39 is 15.7 Å². The van der Waals surface area contributed by atoms with E-state index in [1.54, 1.807) is 0 Å². The summed E-state index contributed by atoms with van der Waals surface area (Å²) in [5, 5.41) is 3.05. The van der Waals surface area contributed by atoms with Gasteiger partial charge in [-0.15, -0.1) is 0 Å². The Labute approximate surface area is 121 Å². The number of piperidine rings is 1. The van der Waals surface area contributed by atoms with Gasteiger partial charge in [0.2, 0.25) is 0 Å². The molecule has 10 heteroatoms. The molecule has 2 N–H and O–H groups in total. The lowest BCUT2D eigenvalue weighted by Gasteiger charge is -2.31. The number of halogens is 3. The molecule has 1 heterocycles. The second-order valence-electron chi connectivity index (χ2n) is 4.59. The van der Waals surface area contributed by atoms with Gasteiger partial charge in [-0.05, 0) is 44.1 Å². The molecule has 0 atom stereocenters. The molecule has 0 amide bonds. The van der Waals surface area contributed by atoms with Crippen molar-refractivity contribution in [2.24, 2.45) is 5.92 Å². The topological polar surface area (TPSA) is 61.4 Å². The van der Waals surface area contributed by atoms with E-state index in [9.17, 15) is 21.6 Å². The zero-order valence-electron chi connectivity index (χ0n) is 11.2. The quantitative estimate of drug-likeness (QED) is 0.682. The zero-order chi connectivity index (χ0) is 15.2. The van der Waals surface area contributed by atoms with Crippen LogP contribution in [0.2, 0.25) is 0 Å². The fourth-order valence-corrected chi connectivity index (χ4v) is 3.87. The van der Waals surface area contributed by atoms with Crippen LogP contribution in [0.25, 0.3) is 0 Å². The highest BCUT2D eigenvalue weighted by Gasteiger charge is 2.29. The van der Waals surface area contributed by atoms with Crippen molar-refractivity contribution < 1.29 is 21.6 Å². The van der Waals surface area contributed by atoms with Crippen molar-refractivity contribution in [2.75, 3.05) is 39.0 Å². The summed E-state index contributed by atoms with van der Waals surface area (Å²) in [7, 11) is -1.81. The van der Waals surface area contributed by atoms with Gasteiger partial charge in [0.15, 0.2) is 0 Å². The molecule has 0 saturated carbocycles. The van der Waals surface area contributed by atoms with E-state index in [1.807, 2.05) is 7.05 Å². The Kier molecular flexibility index (Phi) is 7.06. The molecule has 20 heavy (non-hydrogen) atoms. The summed E-state index contributed by atoms with van der Waals surface area (Å²) in [4.78, 5) is 0. The number of alkyl halides is 3. The first-order valence-electron chi connectivity index (χ1n) is 6.34. The molecule has 5 nitrogen and oxygen atoms in total. The van der Waals surface area contributed by atoms with Gasteiger partial charge in [0.25, 0.3) is 10.2 Å². The van der Waals surface area contributed by atoms with E-state index in [4.69, 9.17) is 0 Å². The highest BCUT2D eigenvalue weighted by molar-refractivity contribution is 8.00. The predicted molar refractivity (Wildman–Crippen MR) is 73.7 cm³/mol. The zero-order valence-corrected chi connectivity index (χ0v) is 12.9. The minimum Gasteiger partial charge on any atom is -0.319 e. The summed E-state index contributed by atoms with van der Waals surface area (Å²) >= 11 is -0.226. The molecule has 0 aliphatic carbocycles. The molecule has 0 aromatic carbocycles. The van der Waals surface area contributed by atoms with Crippen molar-refractivity contribution in [1.82, 2.24) is 14.3 Å². The number of nitrogens with one attached hydrogen (secondary N) is 2. The van der Waals surface area contributed by atoms with E-state index in [2.05, 4.69) is 10.0 Å². The van der Waals surface area contributed by atoms with Crippen LogP contribution in [0.4, 0.5) is 13.2 Å². The van der Waals surface area contributed by atoms with Crippen LogP contribution in [0.15, 0.2) is 0 Å². The van der Waals surface area contributed by atoms with Gasteiger partial charge < -0.3 is 5.32 Å².